The Morgan fingerprint density at radius 1 is 0.973 bits per heavy atom. The van der Waals surface area contributed by atoms with E-state index >= 15 is 0 Å². The van der Waals surface area contributed by atoms with Crippen LogP contribution in [0.15, 0.2) is 66.7 Å². The molecule has 0 spiro atoms. The zero-order chi connectivity index (χ0) is 26.5. The number of esters is 1. The molecule has 1 heterocycles. The monoisotopic (exact) mass is 500 g/mol. The van der Waals surface area contributed by atoms with Crippen molar-refractivity contribution in [3.05, 3.63) is 83.4 Å². The summed E-state index contributed by atoms with van der Waals surface area (Å²) < 4.78 is 11.3. The van der Waals surface area contributed by atoms with Gasteiger partial charge in [0.1, 0.15) is 11.5 Å². The summed E-state index contributed by atoms with van der Waals surface area (Å²) in [6.45, 7) is 8.02. The van der Waals surface area contributed by atoms with Crippen LogP contribution in [-0.4, -0.2) is 30.9 Å². The Hall–Kier alpha value is -4.13. The van der Waals surface area contributed by atoms with Crippen LogP contribution in [0.25, 0.3) is 0 Å². The van der Waals surface area contributed by atoms with Crippen LogP contribution < -0.4 is 15.0 Å². The largest absolute Gasteiger partial charge is 0.457 e. The lowest BCUT2D eigenvalue weighted by Gasteiger charge is -2.18. The standard InChI is InChI=1S/C30H32N2O5/c1-19(2)26-14-7-21(4)15-27(26)37-25-12-10-24(11-13-25)32-17-22(16-29(32)34)30(35)36-18-28(33)31-23-8-5-20(3)6-9-23/h5-15,19,22H,16-18H2,1-4H3,(H,31,33)/t22-/m1/s1. The number of amides is 2. The molecule has 0 bridgehead atoms. The lowest BCUT2D eigenvalue weighted by molar-refractivity contribution is -0.151. The molecule has 1 aliphatic heterocycles. The molecular formula is C30H32N2O5. The van der Waals surface area contributed by atoms with Gasteiger partial charge >= 0.3 is 5.97 Å². The van der Waals surface area contributed by atoms with Crippen molar-refractivity contribution in [1.29, 1.82) is 0 Å². The molecule has 192 valence electrons. The average Bonchev–Trinajstić information content (AvgIpc) is 3.26. The van der Waals surface area contributed by atoms with Crippen molar-refractivity contribution in [2.75, 3.05) is 23.4 Å². The molecule has 0 saturated carbocycles. The van der Waals surface area contributed by atoms with E-state index in [9.17, 15) is 14.4 Å². The summed E-state index contributed by atoms with van der Waals surface area (Å²) in [4.78, 5) is 38.9. The van der Waals surface area contributed by atoms with Crippen LogP contribution in [0, 0.1) is 19.8 Å². The van der Waals surface area contributed by atoms with Crippen molar-refractivity contribution < 1.29 is 23.9 Å². The quantitative estimate of drug-likeness (QED) is 0.398. The van der Waals surface area contributed by atoms with E-state index in [2.05, 4.69) is 31.3 Å². The first-order valence-corrected chi connectivity index (χ1v) is 12.4. The number of carbonyl (C=O) groups excluding carboxylic acids is 3. The number of hydrogen-bond donors (Lipinski definition) is 1. The number of ether oxygens (including phenoxy) is 2. The second-order valence-corrected chi connectivity index (χ2v) is 9.72. The molecule has 0 aromatic heterocycles. The third-order valence-corrected chi connectivity index (χ3v) is 6.31. The highest BCUT2D eigenvalue weighted by Gasteiger charge is 2.36. The van der Waals surface area contributed by atoms with E-state index in [-0.39, 0.29) is 18.9 Å². The predicted molar refractivity (Wildman–Crippen MR) is 143 cm³/mol. The van der Waals surface area contributed by atoms with E-state index in [1.165, 1.54) is 0 Å². The Balaban J connectivity index is 1.32. The number of nitrogens with one attached hydrogen (secondary N) is 1. The highest BCUT2D eigenvalue weighted by Crippen LogP contribution is 2.33. The highest BCUT2D eigenvalue weighted by atomic mass is 16.5. The summed E-state index contributed by atoms with van der Waals surface area (Å²) in [6.07, 6.45) is 0.0394. The van der Waals surface area contributed by atoms with Crippen LogP contribution in [0.4, 0.5) is 11.4 Å². The number of aryl methyl sites for hydroxylation is 2. The van der Waals surface area contributed by atoms with Gasteiger partial charge in [-0.2, -0.15) is 0 Å². The number of benzene rings is 3. The Bertz CT molecular complexity index is 1280. The van der Waals surface area contributed by atoms with Crippen molar-refractivity contribution in [2.45, 2.75) is 40.0 Å². The molecule has 1 saturated heterocycles. The molecule has 0 unspecified atom stereocenters. The van der Waals surface area contributed by atoms with Crippen LogP contribution >= 0.6 is 0 Å². The number of carbonyl (C=O) groups is 3. The zero-order valence-electron chi connectivity index (χ0n) is 21.6. The minimum Gasteiger partial charge on any atom is -0.457 e. The molecular weight excluding hydrogens is 468 g/mol. The van der Waals surface area contributed by atoms with Crippen molar-refractivity contribution in [2.24, 2.45) is 5.92 Å². The molecule has 4 rings (SSSR count). The first-order valence-electron chi connectivity index (χ1n) is 12.4. The fourth-order valence-electron chi connectivity index (χ4n) is 4.23. The van der Waals surface area contributed by atoms with Crippen LogP contribution in [-0.2, 0) is 19.1 Å². The topological polar surface area (TPSA) is 84.9 Å². The van der Waals surface area contributed by atoms with Crippen molar-refractivity contribution in [3.63, 3.8) is 0 Å². The highest BCUT2D eigenvalue weighted by molar-refractivity contribution is 6.00. The lowest BCUT2D eigenvalue weighted by Crippen LogP contribution is -2.28. The lowest BCUT2D eigenvalue weighted by atomic mass is 10.0. The third-order valence-electron chi connectivity index (χ3n) is 6.31. The fourth-order valence-corrected chi connectivity index (χ4v) is 4.23. The summed E-state index contributed by atoms with van der Waals surface area (Å²) in [5.74, 6) is 0.0193. The summed E-state index contributed by atoms with van der Waals surface area (Å²) >= 11 is 0. The maximum atomic E-state index is 12.6. The molecule has 0 aliphatic carbocycles. The molecule has 2 amide bonds. The molecule has 0 radical (unpaired) electrons. The van der Waals surface area contributed by atoms with Crippen LogP contribution in [0.1, 0.15) is 42.9 Å². The maximum Gasteiger partial charge on any atom is 0.311 e. The molecule has 1 N–H and O–H groups in total. The maximum absolute atomic E-state index is 12.6. The molecule has 1 aliphatic rings. The van der Waals surface area contributed by atoms with Crippen LogP contribution in [0.2, 0.25) is 0 Å². The predicted octanol–water partition coefficient (Wildman–Crippen LogP) is 5.75. The van der Waals surface area contributed by atoms with E-state index < -0.39 is 24.4 Å². The van der Waals surface area contributed by atoms with E-state index in [1.807, 2.05) is 44.2 Å². The van der Waals surface area contributed by atoms with E-state index in [0.29, 0.717) is 23.0 Å². The number of hydrogen-bond acceptors (Lipinski definition) is 5. The second kappa shape index (κ2) is 11.3. The fraction of sp³-hybridized carbons (Fsp3) is 0.300. The Morgan fingerprint density at radius 3 is 2.32 bits per heavy atom. The van der Waals surface area contributed by atoms with E-state index in [4.69, 9.17) is 9.47 Å². The minimum atomic E-state index is -0.628. The summed E-state index contributed by atoms with van der Waals surface area (Å²) in [6, 6.07) is 20.7. The number of nitrogens with zero attached hydrogens (tertiary/aromatic N) is 1. The molecule has 1 atom stereocenters. The molecule has 7 heteroatoms. The van der Waals surface area contributed by atoms with Gasteiger partial charge in [0.25, 0.3) is 5.91 Å². The van der Waals surface area contributed by atoms with Gasteiger partial charge in [0.2, 0.25) is 5.91 Å². The van der Waals surface area contributed by atoms with Crippen LogP contribution in [0.3, 0.4) is 0 Å². The SMILES string of the molecule is Cc1ccc(NC(=O)COC(=O)[C@@H]2CC(=O)N(c3ccc(Oc4cc(C)ccc4C(C)C)cc3)C2)cc1. The number of anilines is 2. The van der Waals surface area contributed by atoms with Gasteiger partial charge in [-0.1, -0.05) is 43.7 Å². The molecule has 37 heavy (non-hydrogen) atoms. The van der Waals surface area contributed by atoms with Gasteiger partial charge in [-0.15, -0.1) is 0 Å². The Kier molecular flexibility index (Phi) is 7.92. The van der Waals surface area contributed by atoms with Crippen LogP contribution in [0.5, 0.6) is 11.5 Å². The first-order chi connectivity index (χ1) is 17.7. The van der Waals surface area contributed by atoms with Crippen molar-refractivity contribution in [1.82, 2.24) is 0 Å². The average molecular weight is 501 g/mol. The van der Waals surface area contributed by atoms with Gasteiger partial charge in [0.15, 0.2) is 6.61 Å². The van der Waals surface area contributed by atoms with Gasteiger partial charge in [-0.3, -0.25) is 14.4 Å². The second-order valence-electron chi connectivity index (χ2n) is 9.72. The van der Waals surface area contributed by atoms with Crippen molar-refractivity contribution >= 4 is 29.2 Å². The summed E-state index contributed by atoms with van der Waals surface area (Å²) in [7, 11) is 0. The number of rotatable bonds is 8. The summed E-state index contributed by atoms with van der Waals surface area (Å²) in [5, 5.41) is 2.69. The minimum absolute atomic E-state index is 0.0394. The first kappa shape index (κ1) is 25.9. The normalized spacial score (nSPS) is 15.1. The zero-order valence-corrected chi connectivity index (χ0v) is 21.6. The molecule has 3 aromatic rings. The third kappa shape index (κ3) is 6.55. The van der Waals surface area contributed by atoms with Gasteiger partial charge < -0.3 is 19.7 Å². The Morgan fingerprint density at radius 2 is 1.65 bits per heavy atom. The van der Waals surface area contributed by atoms with Gasteiger partial charge in [-0.25, -0.2) is 0 Å². The summed E-state index contributed by atoms with van der Waals surface area (Å²) in [5.41, 5.74) is 4.62. The van der Waals surface area contributed by atoms with Gasteiger partial charge in [0, 0.05) is 24.3 Å². The van der Waals surface area contributed by atoms with E-state index in [0.717, 1.165) is 22.4 Å². The molecule has 1 fully saturated rings. The smallest absolute Gasteiger partial charge is 0.311 e. The molecule has 7 nitrogen and oxygen atoms in total. The Labute approximate surface area is 217 Å². The molecule has 3 aromatic carbocycles. The van der Waals surface area contributed by atoms with Gasteiger partial charge in [0.05, 0.1) is 5.92 Å². The van der Waals surface area contributed by atoms with Gasteiger partial charge in [-0.05, 0) is 73.4 Å². The van der Waals surface area contributed by atoms with E-state index in [1.54, 1.807) is 29.2 Å². The van der Waals surface area contributed by atoms with Crippen molar-refractivity contribution in [3.8, 4) is 11.5 Å².